The molecule has 2 aliphatic rings. The number of nitrogens with one attached hydrogen (secondary N) is 1. The highest BCUT2D eigenvalue weighted by Gasteiger charge is 2.55. The predicted octanol–water partition coefficient (Wildman–Crippen LogP) is -2.65. The quantitative estimate of drug-likeness (QED) is 0.469. The molecule has 23 heavy (non-hydrogen) atoms. The summed E-state index contributed by atoms with van der Waals surface area (Å²) >= 11 is 0. The Hall–Kier alpha value is -0.350. The second-order valence-electron chi connectivity index (χ2n) is 5.30. The minimum Gasteiger partial charge on any atom is -0.353 e. The lowest BCUT2D eigenvalue weighted by Gasteiger charge is -2.38. The van der Waals surface area contributed by atoms with Gasteiger partial charge >= 0.3 is 0 Å². The van der Waals surface area contributed by atoms with E-state index in [-0.39, 0.29) is 6.54 Å². The van der Waals surface area contributed by atoms with Crippen LogP contribution in [0.25, 0.3) is 0 Å². The maximum absolute atomic E-state index is 11.5. The molecule has 2 fully saturated rings. The van der Waals surface area contributed by atoms with E-state index in [0.29, 0.717) is 0 Å². The van der Waals surface area contributed by atoms with E-state index >= 15 is 0 Å². The van der Waals surface area contributed by atoms with Crippen molar-refractivity contribution in [1.29, 1.82) is 0 Å². The summed E-state index contributed by atoms with van der Waals surface area (Å²) in [5.41, 5.74) is 0. The third-order valence-corrected chi connectivity index (χ3v) is 4.73. The lowest BCUT2D eigenvalue weighted by atomic mass is 10.0. The fourth-order valence-corrected chi connectivity index (χ4v) is 4.29. The van der Waals surface area contributed by atoms with Crippen molar-refractivity contribution in [3.63, 3.8) is 0 Å². The molecule has 0 amide bonds. The number of hydrogen-bond donors (Lipinski definition) is 1. The number of ether oxygens (including phenoxy) is 1. The van der Waals surface area contributed by atoms with E-state index in [1.165, 1.54) is 0 Å². The van der Waals surface area contributed by atoms with E-state index in [2.05, 4.69) is 5.32 Å². The molecule has 0 aliphatic carbocycles. The lowest BCUT2D eigenvalue weighted by Crippen LogP contribution is -2.59. The Balaban J connectivity index is 2.41. The van der Waals surface area contributed by atoms with Gasteiger partial charge < -0.3 is 4.74 Å². The molecule has 0 spiro atoms. The largest absolute Gasteiger partial charge is 0.353 e. The van der Waals surface area contributed by atoms with Crippen molar-refractivity contribution in [1.82, 2.24) is 5.32 Å². The molecular formula is C9H17NO10S3. The normalized spacial score (nSPS) is 35.3. The number of fused-ring (bicyclic) bond motifs is 2. The molecular weight excluding hydrogens is 378 g/mol. The minimum atomic E-state index is -4.05. The van der Waals surface area contributed by atoms with Gasteiger partial charge in [0.05, 0.1) is 18.8 Å². The molecule has 5 atom stereocenters. The van der Waals surface area contributed by atoms with Crippen molar-refractivity contribution in [3.8, 4) is 0 Å². The summed E-state index contributed by atoms with van der Waals surface area (Å²) in [5.74, 6) is 0. The average Bonchev–Trinajstić information content (AvgIpc) is 2.71. The summed E-state index contributed by atoms with van der Waals surface area (Å²) < 4.78 is 88.5. The zero-order chi connectivity index (χ0) is 17.6. The van der Waals surface area contributed by atoms with Gasteiger partial charge in [0.25, 0.3) is 30.4 Å². The third-order valence-electron chi connectivity index (χ3n) is 3.01. The summed E-state index contributed by atoms with van der Waals surface area (Å²) in [4.78, 5) is 0. The Morgan fingerprint density at radius 3 is 1.70 bits per heavy atom. The number of hydrogen-bond acceptors (Lipinski definition) is 11. The molecule has 0 aromatic heterocycles. The Bertz CT molecular complexity index is 709. The standard InChI is InChI=1S/C9H17NO10S3/c1-21(11,12)18-6-5-4-10-9(17-5)8(20-23(3,15)16)7(6)19-22(2,13)14/h5-10H,4H2,1-3H3/t5-,6-,7+,8-,9-/m1/s1. The van der Waals surface area contributed by atoms with Crippen LogP contribution in [0.15, 0.2) is 0 Å². The Labute approximate surface area is 134 Å². The average molecular weight is 395 g/mol. The van der Waals surface area contributed by atoms with Crippen molar-refractivity contribution >= 4 is 30.4 Å². The van der Waals surface area contributed by atoms with Crippen molar-refractivity contribution in [2.75, 3.05) is 25.3 Å². The van der Waals surface area contributed by atoms with Crippen LogP contribution < -0.4 is 5.32 Å². The van der Waals surface area contributed by atoms with Crippen LogP contribution in [-0.4, -0.2) is 81.2 Å². The number of rotatable bonds is 6. The first-order valence-electron chi connectivity index (χ1n) is 6.29. The van der Waals surface area contributed by atoms with E-state index in [9.17, 15) is 25.3 Å². The van der Waals surface area contributed by atoms with Gasteiger partial charge in [-0.25, -0.2) is 0 Å². The first kappa shape index (κ1) is 19.0. The molecule has 2 heterocycles. The molecule has 2 aliphatic heterocycles. The summed E-state index contributed by atoms with van der Waals surface area (Å²) in [5, 5.41) is 2.76. The van der Waals surface area contributed by atoms with E-state index in [1.54, 1.807) is 0 Å². The lowest BCUT2D eigenvalue weighted by molar-refractivity contribution is -0.168. The van der Waals surface area contributed by atoms with E-state index in [0.717, 1.165) is 18.8 Å². The molecule has 2 bridgehead atoms. The van der Waals surface area contributed by atoms with Crippen LogP contribution in [0.2, 0.25) is 0 Å². The monoisotopic (exact) mass is 395 g/mol. The summed E-state index contributed by atoms with van der Waals surface area (Å²) in [7, 11) is -12.0. The topological polar surface area (TPSA) is 151 Å². The zero-order valence-electron chi connectivity index (χ0n) is 12.4. The van der Waals surface area contributed by atoms with Crippen LogP contribution in [0, 0.1) is 0 Å². The van der Waals surface area contributed by atoms with Gasteiger partial charge in [0, 0.05) is 6.54 Å². The van der Waals surface area contributed by atoms with E-state index in [1.807, 2.05) is 0 Å². The van der Waals surface area contributed by atoms with Crippen molar-refractivity contribution < 1.29 is 42.5 Å². The molecule has 0 aromatic carbocycles. The molecule has 11 nitrogen and oxygen atoms in total. The van der Waals surface area contributed by atoms with Crippen LogP contribution in [0.5, 0.6) is 0 Å². The first-order valence-corrected chi connectivity index (χ1v) is 11.7. The molecule has 0 radical (unpaired) electrons. The highest BCUT2D eigenvalue weighted by atomic mass is 32.2. The fourth-order valence-electron chi connectivity index (χ4n) is 2.41. The summed E-state index contributed by atoms with van der Waals surface area (Å²) in [6.45, 7) is 0.109. The first-order chi connectivity index (χ1) is 10.3. The highest BCUT2D eigenvalue weighted by Crippen LogP contribution is 2.32. The van der Waals surface area contributed by atoms with Gasteiger partial charge in [-0.15, -0.1) is 0 Å². The Kier molecular flexibility index (Phi) is 5.10. The summed E-state index contributed by atoms with van der Waals surface area (Å²) in [6, 6.07) is 0. The smallest absolute Gasteiger partial charge is 0.264 e. The van der Waals surface area contributed by atoms with Crippen molar-refractivity contribution in [2.45, 2.75) is 30.6 Å². The van der Waals surface area contributed by atoms with Crippen molar-refractivity contribution in [3.05, 3.63) is 0 Å². The van der Waals surface area contributed by atoms with Crippen LogP contribution >= 0.6 is 0 Å². The SMILES string of the molecule is CS(=O)(=O)O[C@@H]1[C@@H](OS(C)(=O)=O)[C@@H]2NC[C@@H](O2)[C@H]1OS(C)(=O)=O. The van der Waals surface area contributed by atoms with Crippen LogP contribution in [0.1, 0.15) is 0 Å². The van der Waals surface area contributed by atoms with Crippen LogP contribution in [-0.2, 0) is 47.6 Å². The van der Waals surface area contributed by atoms with Crippen LogP contribution in [0.4, 0.5) is 0 Å². The minimum absolute atomic E-state index is 0.109. The van der Waals surface area contributed by atoms with E-state index < -0.39 is 61.0 Å². The van der Waals surface area contributed by atoms with Gasteiger partial charge in [0.2, 0.25) is 0 Å². The Morgan fingerprint density at radius 2 is 1.22 bits per heavy atom. The molecule has 1 N–H and O–H groups in total. The van der Waals surface area contributed by atoms with E-state index in [4.69, 9.17) is 17.3 Å². The second-order valence-corrected chi connectivity index (χ2v) is 10.1. The van der Waals surface area contributed by atoms with Gasteiger partial charge in [-0.2, -0.15) is 25.3 Å². The fraction of sp³-hybridized carbons (Fsp3) is 1.00. The van der Waals surface area contributed by atoms with Gasteiger partial charge in [0.1, 0.15) is 30.6 Å². The molecule has 2 saturated heterocycles. The zero-order valence-corrected chi connectivity index (χ0v) is 14.9. The molecule has 14 heteroatoms. The van der Waals surface area contributed by atoms with Gasteiger partial charge in [-0.1, -0.05) is 0 Å². The second kappa shape index (κ2) is 6.18. The maximum Gasteiger partial charge on any atom is 0.264 e. The molecule has 0 saturated carbocycles. The van der Waals surface area contributed by atoms with Gasteiger partial charge in [-0.3, -0.25) is 17.9 Å². The molecule has 0 unspecified atom stereocenters. The molecule has 2 rings (SSSR count). The third kappa shape index (κ3) is 5.32. The maximum atomic E-state index is 11.5. The van der Waals surface area contributed by atoms with Gasteiger partial charge in [0.15, 0.2) is 0 Å². The van der Waals surface area contributed by atoms with Gasteiger partial charge in [-0.05, 0) is 0 Å². The predicted molar refractivity (Wildman–Crippen MR) is 75.8 cm³/mol. The van der Waals surface area contributed by atoms with Crippen LogP contribution in [0.3, 0.4) is 0 Å². The molecule has 136 valence electrons. The Morgan fingerprint density at radius 1 is 0.783 bits per heavy atom. The highest BCUT2D eigenvalue weighted by molar-refractivity contribution is 7.86. The summed E-state index contributed by atoms with van der Waals surface area (Å²) in [6.07, 6.45) is -3.91. The van der Waals surface area contributed by atoms with Crippen molar-refractivity contribution in [2.24, 2.45) is 0 Å². The molecule has 0 aromatic rings.